The number of rotatable bonds is 6. The van der Waals surface area contributed by atoms with E-state index in [1.807, 2.05) is 0 Å². The van der Waals surface area contributed by atoms with Crippen molar-refractivity contribution in [3.05, 3.63) is 0 Å². The predicted molar refractivity (Wildman–Crippen MR) is 70.3 cm³/mol. The Morgan fingerprint density at radius 2 is 1.88 bits per heavy atom. The molecule has 0 saturated carbocycles. The number of nitrogens with zero attached hydrogens (tertiary/aromatic N) is 2. The molecule has 0 aromatic heterocycles. The Labute approximate surface area is 105 Å². The van der Waals surface area contributed by atoms with Crippen molar-refractivity contribution >= 4 is 0 Å². The summed E-state index contributed by atoms with van der Waals surface area (Å²) >= 11 is 0. The van der Waals surface area contributed by atoms with Crippen LogP contribution in [0.2, 0.25) is 0 Å². The largest absolute Gasteiger partial charge is 0.380 e. The van der Waals surface area contributed by atoms with Crippen LogP contribution >= 0.6 is 0 Å². The topological polar surface area (TPSA) is 27.7 Å². The summed E-state index contributed by atoms with van der Waals surface area (Å²) in [5, 5.41) is 3.35. The SMILES string of the molecule is CC(C)COCCN1CCN(C2CNC2)CC1. The molecule has 0 radical (unpaired) electrons. The lowest BCUT2D eigenvalue weighted by molar-refractivity contribution is 0.0436. The number of hydrogen-bond acceptors (Lipinski definition) is 4. The van der Waals surface area contributed by atoms with Crippen molar-refractivity contribution in [2.24, 2.45) is 5.92 Å². The van der Waals surface area contributed by atoms with E-state index in [0.717, 1.165) is 25.8 Å². The number of hydrogen-bond donors (Lipinski definition) is 1. The van der Waals surface area contributed by atoms with E-state index in [4.69, 9.17) is 4.74 Å². The average Bonchev–Trinajstić information content (AvgIpc) is 2.24. The Morgan fingerprint density at radius 3 is 2.41 bits per heavy atom. The Bertz CT molecular complexity index is 211. The maximum atomic E-state index is 5.64. The van der Waals surface area contributed by atoms with Gasteiger partial charge in [0, 0.05) is 58.5 Å². The summed E-state index contributed by atoms with van der Waals surface area (Å²) in [5.74, 6) is 0.651. The van der Waals surface area contributed by atoms with Crippen molar-refractivity contribution in [2.45, 2.75) is 19.9 Å². The molecule has 0 aromatic carbocycles. The van der Waals surface area contributed by atoms with Crippen LogP contribution < -0.4 is 5.32 Å². The van der Waals surface area contributed by atoms with E-state index in [2.05, 4.69) is 29.0 Å². The summed E-state index contributed by atoms with van der Waals surface area (Å²) in [6, 6.07) is 0.814. The van der Waals surface area contributed by atoms with Crippen molar-refractivity contribution < 1.29 is 4.74 Å². The third-order valence-corrected chi connectivity index (χ3v) is 3.69. The maximum absolute atomic E-state index is 5.64. The zero-order valence-corrected chi connectivity index (χ0v) is 11.3. The zero-order valence-electron chi connectivity index (χ0n) is 11.3. The van der Waals surface area contributed by atoms with E-state index in [0.29, 0.717) is 5.92 Å². The molecular weight excluding hydrogens is 214 g/mol. The highest BCUT2D eigenvalue weighted by Gasteiger charge is 2.27. The van der Waals surface area contributed by atoms with E-state index >= 15 is 0 Å². The lowest BCUT2D eigenvalue weighted by atomic mass is 10.1. The molecule has 1 N–H and O–H groups in total. The minimum atomic E-state index is 0.651. The van der Waals surface area contributed by atoms with E-state index in [1.54, 1.807) is 0 Å². The van der Waals surface area contributed by atoms with Crippen LogP contribution in [0.1, 0.15) is 13.8 Å². The van der Waals surface area contributed by atoms with Gasteiger partial charge in [-0.2, -0.15) is 0 Å². The van der Waals surface area contributed by atoms with Gasteiger partial charge in [0.05, 0.1) is 6.61 Å². The molecule has 0 atom stereocenters. The summed E-state index contributed by atoms with van der Waals surface area (Å²) in [7, 11) is 0. The molecule has 0 aromatic rings. The Morgan fingerprint density at radius 1 is 1.18 bits per heavy atom. The zero-order chi connectivity index (χ0) is 12.1. The molecule has 2 rings (SSSR count). The third kappa shape index (κ3) is 4.21. The van der Waals surface area contributed by atoms with Gasteiger partial charge in [-0.1, -0.05) is 13.8 Å². The Hall–Kier alpha value is -0.160. The number of nitrogens with one attached hydrogen (secondary N) is 1. The van der Waals surface area contributed by atoms with Crippen LogP contribution in [0.5, 0.6) is 0 Å². The van der Waals surface area contributed by atoms with Gasteiger partial charge in [-0.25, -0.2) is 0 Å². The average molecular weight is 241 g/mol. The van der Waals surface area contributed by atoms with Crippen LogP contribution in [0.3, 0.4) is 0 Å². The van der Waals surface area contributed by atoms with E-state index in [-0.39, 0.29) is 0 Å². The molecule has 2 heterocycles. The summed E-state index contributed by atoms with van der Waals surface area (Å²) in [5.41, 5.74) is 0. The lowest BCUT2D eigenvalue weighted by Crippen LogP contribution is -2.61. The first-order valence-electron chi connectivity index (χ1n) is 7.00. The third-order valence-electron chi connectivity index (χ3n) is 3.69. The van der Waals surface area contributed by atoms with Crippen LogP contribution in [0, 0.1) is 5.92 Å². The molecule has 17 heavy (non-hydrogen) atoms. The van der Waals surface area contributed by atoms with Crippen molar-refractivity contribution in [1.82, 2.24) is 15.1 Å². The fourth-order valence-electron chi connectivity index (χ4n) is 2.40. The second kappa shape index (κ2) is 6.69. The summed E-state index contributed by atoms with van der Waals surface area (Å²) in [6.07, 6.45) is 0. The highest BCUT2D eigenvalue weighted by Crippen LogP contribution is 2.09. The van der Waals surface area contributed by atoms with E-state index in [1.165, 1.54) is 39.3 Å². The monoisotopic (exact) mass is 241 g/mol. The van der Waals surface area contributed by atoms with Gasteiger partial charge in [0.2, 0.25) is 0 Å². The van der Waals surface area contributed by atoms with E-state index in [9.17, 15) is 0 Å². The highest BCUT2D eigenvalue weighted by molar-refractivity contribution is 4.87. The molecule has 4 heteroatoms. The predicted octanol–water partition coefficient (Wildman–Crippen LogP) is 0.248. The van der Waals surface area contributed by atoms with Crippen LogP contribution in [-0.4, -0.2) is 74.9 Å². The molecular formula is C13H27N3O. The van der Waals surface area contributed by atoms with Gasteiger partial charge in [0.1, 0.15) is 0 Å². The first kappa shape index (κ1) is 13.3. The molecule has 0 spiro atoms. The van der Waals surface area contributed by atoms with Gasteiger partial charge in [-0.05, 0) is 5.92 Å². The summed E-state index contributed by atoms with van der Waals surface area (Å²) < 4.78 is 5.64. The summed E-state index contributed by atoms with van der Waals surface area (Å²) in [6.45, 7) is 14.6. The molecule has 0 aliphatic carbocycles. The lowest BCUT2D eigenvalue weighted by Gasteiger charge is -2.43. The molecule has 0 bridgehead atoms. The quantitative estimate of drug-likeness (QED) is 0.675. The van der Waals surface area contributed by atoms with Gasteiger partial charge < -0.3 is 10.1 Å². The van der Waals surface area contributed by atoms with Crippen molar-refractivity contribution in [2.75, 3.05) is 59.0 Å². The smallest absolute Gasteiger partial charge is 0.0593 e. The van der Waals surface area contributed by atoms with Crippen LogP contribution in [0.25, 0.3) is 0 Å². The molecule has 2 aliphatic heterocycles. The Balaban J connectivity index is 1.52. The minimum Gasteiger partial charge on any atom is -0.380 e. The first-order chi connectivity index (χ1) is 8.25. The van der Waals surface area contributed by atoms with Crippen LogP contribution in [0.15, 0.2) is 0 Å². The number of ether oxygens (including phenoxy) is 1. The maximum Gasteiger partial charge on any atom is 0.0593 e. The molecule has 2 fully saturated rings. The fourth-order valence-corrected chi connectivity index (χ4v) is 2.40. The van der Waals surface area contributed by atoms with Crippen molar-refractivity contribution in [3.63, 3.8) is 0 Å². The highest BCUT2D eigenvalue weighted by atomic mass is 16.5. The van der Waals surface area contributed by atoms with Gasteiger partial charge >= 0.3 is 0 Å². The van der Waals surface area contributed by atoms with Gasteiger partial charge in [-0.15, -0.1) is 0 Å². The van der Waals surface area contributed by atoms with Gasteiger partial charge in [0.15, 0.2) is 0 Å². The molecule has 0 amide bonds. The van der Waals surface area contributed by atoms with E-state index < -0.39 is 0 Å². The minimum absolute atomic E-state index is 0.651. The standard InChI is InChI=1S/C13H27N3O/c1-12(2)11-17-8-7-15-3-5-16(6-4-15)13-9-14-10-13/h12-14H,3-11H2,1-2H3. The number of piperazine rings is 1. The summed E-state index contributed by atoms with van der Waals surface area (Å²) in [4.78, 5) is 5.16. The van der Waals surface area contributed by atoms with Crippen LogP contribution in [0.4, 0.5) is 0 Å². The molecule has 2 saturated heterocycles. The van der Waals surface area contributed by atoms with Gasteiger partial charge in [-0.3, -0.25) is 9.80 Å². The fraction of sp³-hybridized carbons (Fsp3) is 1.00. The van der Waals surface area contributed by atoms with Crippen molar-refractivity contribution in [1.29, 1.82) is 0 Å². The normalized spacial score (nSPS) is 24.2. The molecule has 4 nitrogen and oxygen atoms in total. The van der Waals surface area contributed by atoms with Crippen molar-refractivity contribution in [3.8, 4) is 0 Å². The second-order valence-electron chi connectivity index (χ2n) is 5.66. The first-order valence-corrected chi connectivity index (χ1v) is 7.00. The molecule has 2 aliphatic rings. The molecule has 100 valence electrons. The Kier molecular flexibility index (Phi) is 5.22. The van der Waals surface area contributed by atoms with Crippen LogP contribution in [-0.2, 0) is 4.74 Å². The van der Waals surface area contributed by atoms with Gasteiger partial charge in [0.25, 0.3) is 0 Å². The molecule has 0 unspecified atom stereocenters. The second-order valence-corrected chi connectivity index (χ2v) is 5.66.